The summed E-state index contributed by atoms with van der Waals surface area (Å²) < 4.78 is 69.3. The zero-order chi connectivity index (χ0) is 19.7. The molecular weight excluding hydrogens is 345 g/mol. The van der Waals surface area contributed by atoms with Crippen LogP contribution in [0.1, 0.15) is 30.3 Å². The van der Waals surface area contributed by atoms with Gasteiger partial charge in [-0.05, 0) is 44.3 Å². The molecule has 0 bridgehead atoms. The largest absolute Gasteiger partial charge is 0.463 e. The Bertz CT molecular complexity index is 860. The maximum absolute atomic E-state index is 13.1. The Morgan fingerprint density at radius 2 is 2.35 bits per heavy atom. The Morgan fingerprint density at radius 3 is 3.00 bits per heavy atom. The van der Waals surface area contributed by atoms with Gasteiger partial charge in [0.1, 0.15) is 11.1 Å². The van der Waals surface area contributed by atoms with Crippen LogP contribution < -0.4 is 4.72 Å². The van der Waals surface area contributed by atoms with Crippen molar-refractivity contribution in [2.45, 2.75) is 31.4 Å². The van der Waals surface area contributed by atoms with E-state index < -0.39 is 57.9 Å². The van der Waals surface area contributed by atoms with Gasteiger partial charge < -0.3 is 4.74 Å². The maximum atomic E-state index is 13.1. The minimum atomic E-state index is -4.36. The molecule has 0 unspecified atom stereocenters. The lowest BCUT2D eigenvalue weighted by molar-refractivity contribution is -0.138. The minimum absolute atomic E-state index is 0.0213. The lowest BCUT2D eigenvalue weighted by Gasteiger charge is -2.24. The van der Waals surface area contributed by atoms with E-state index in [4.69, 9.17) is 20.5 Å². The molecule has 126 valence electrons. The number of hydrogen-bond acceptors (Lipinski definition) is 4. The molecular formula is C15H17ClFNO4S. The lowest BCUT2D eigenvalue weighted by atomic mass is 9.99. The Kier molecular flexibility index (Phi) is 4.39. The lowest BCUT2D eigenvalue weighted by Crippen LogP contribution is -2.34. The number of anilines is 1. The van der Waals surface area contributed by atoms with Gasteiger partial charge in [0.2, 0.25) is 10.0 Å². The summed E-state index contributed by atoms with van der Waals surface area (Å²) in [5.41, 5.74) is -0.526. The van der Waals surface area contributed by atoms with Crippen molar-refractivity contribution in [3.8, 4) is 0 Å². The number of halogens is 2. The molecule has 1 aromatic rings. The maximum Gasteiger partial charge on any atom is 0.335 e. The fourth-order valence-electron chi connectivity index (χ4n) is 2.05. The molecule has 23 heavy (non-hydrogen) atoms. The second-order valence-corrected chi connectivity index (χ2v) is 6.97. The van der Waals surface area contributed by atoms with Crippen LogP contribution >= 0.6 is 11.6 Å². The zero-order valence-corrected chi connectivity index (χ0v) is 13.8. The van der Waals surface area contributed by atoms with Gasteiger partial charge in [-0.1, -0.05) is 17.7 Å². The van der Waals surface area contributed by atoms with Gasteiger partial charge in [0.15, 0.2) is 0 Å². The van der Waals surface area contributed by atoms with Crippen LogP contribution in [0.3, 0.4) is 0 Å². The van der Waals surface area contributed by atoms with Crippen LogP contribution in [0, 0.1) is 5.82 Å². The SMILES string of the molecule is [2H]C1=C(C(=O)OCC)[C@H](S(=O)(=O)Nc2ccc(F)cc2Cl)CC([2H])([2H])C1. The monoisotopic (exact) mass is 364 g/mol. The van der Waals surface area contributed by atoms with Gasteiger partial charge in [-0.25, -0.2) is 17.6 Å². The number of ether oxygens (including phenoxy) is 1. The van der Waals surface area contributed by atoms with Crippen LogP contribution in [-0.2, 0) is 19.6 Å². The van der Waals surface area contributed by atoms with Crippen LogP contribution in [0.4, 0.5) is 10.1 Å². The first-order valence-corrected chi connectivity index (χ1v) is 8.73. The Labute approximate surface area is 143 Å². The van der Waals surface area contributed by atoms with Gasteiger partial charge in [0.05, 0.1) is 24.3 Å². The number of carbonyl (C=O) groups excluding carboxylic acids is 1. The first-order chi connectivity index (χ1) is 12.0. The fraction of sp³-hybridized carbons (Fsp3) is 0.400. The van der Waals surface area contributed by atoms with E-state index in [1.165, 1.54) is 6.92 Å². The fourth-order valence-corrected chi connectivity index (χ4v) is 3.78. The van der Waals surface area contributed by atoms with E-state index in [9.17, 15) is 17.6 Å². The quantitative estimate of drug-likeness (QED) is 0.814. The molecule has 1 aromatic carbocycles. The summed E-state index contributed by atoms with van der Waals surface area (Å²) >= 11 is 5.83. The van der Waals surface area contributed by atoms with Gasteiger partial charge in [-0.2, -0.15) is 0 Å². The second kappa shape index (κ2) is 7.31. The average Bonchev–Trinajstić information content (AvgIpc) is 2.48. The third kappa shape index (κ3) is 4.23. The van der Waals surface area contributed by atoms with E-state index in [2.05, 4.69) is 4.72 Å². The Morgan fingerprint density at radius 1 is 1.61 bits per heavy atom. The molecule has 0 fully saturated rings. The van der Waals surface area contributed by atoms with Crippen molar-refractivity contribution in [3.63, 3.8) is 0 Å². The van der Waals surface area contributed by atoms with Crippen LogP contribution in [0.2, 0.25) is 5.02 Å². The molecule has 0 heterocycles. The average molecular weight is 365 g/mol. The van der Waals surface area contributed by atoms with Gasteiger partial charge in [-0.15, -0.1) is 0 Å². The summed E-state index contributed by atoms with van der Waals surface area (Å²) in [7, 11) is -4.36. The van der Waals surface area contributed by atoms with Crippen molar-refractivity contribution < 1.29 is 26.5 Å². The molecule has 2 rings (SSSR count). The first kappa shape index (κ1) is 13.8. The highest BCUT2D eigenvalue weighted by Crippen LogP contribution is 2.30. The molecule has 1 aliphatic carbocycles. The highest BCUT2D eigenvalue weighted by Gasteiger charge is 2.35. The second-order valence-electron chi connectivity index (χ2n) is 4.70. The van der Waals surface area contributed by atoms with E-state index in [-0.39, 0.29) is 17.3 Å². The molecule has 0 spiro atoms. The van der Waals surface area contributed by atoms with Crippen molar-refractivity contribution in [1.82, 2.24) is 0 Å². The standard InChI is InChI=1S/C15H17ClFNO4S/c1-2-22-15(19)11-5-3-4-6-14(11)23(20,21)18-13-8-7-10(17)9-12(13)16/h5,7-9,14,18H,2-4,6H2,1H3/t14-/m1/s1/i4D2,5D. The number of esters is 1. The third-order valence-corrected chi connectivity index (χ3v) is 5.08. The zero-order valence-electron chi connectivity index (χ0n) is 15.2. The Balaban J connectivity index is 2.46. The van der Waals surface area contributed by atoms with Crippen LogP contribution in [0.25, 0.3) is 0 Å². The Hall–Kier alpha value is -1.60. The highest BCUT2D eigenvalue weighted by atomic mass is 35.5. The van der Waals surface area contributed by atoms with Gasteiger partial charge in [-0.3, -0.25) is 4.72 Å². The molecule has 0 saturated carbocycles. The van der Waals surface area contributed by atoms with Crippen molar-refractivity contribution in [2.24, 2.45) is 0 Å². The number of rotatable bonds is 5. The van der Waals surface area contributed by atoms with Crippen LogP contribution in [0.5, 0.6) is 0 Å². The molecule has 0 radical (unpaired) electrons. The molecule has 1 N–H and O–H groups in total. The minimum Gasteiger partial charge on any atom is -0.463 e. The summed E-state index contributed by atoms with van der Waals surface area (Å²) in [5.74, 6) is -1.64. The molecule has 1 aliphatic rings. The third-order valence-electron chi connectivity index (χ3n) is 3.11. The molecule has 0 saturated heterocycles. The number of allylic oxidation sites excluding steroid dienone is 1. The van der Waals surface area contributed by atoms with E-state index in [0.717, 1.165) is 18.2 Å². The van der Waals surface area contributed by atoms with E-state index >= 15 is 0 Å². The summed E-state index contributed by atoms with van der Waals surface area (Å²) in [6.07, 6.45) is -2.92. The summed E-state index contributed by atoms with van der Waals surface area (Å²) in [6, 6.07) is 2.60. The van der Waals surface area contributed by atoms with Crippen LogP contribution in [0.15, 0.2) is 29.8 Å². The van der Waals surface area contributed by atoms with Crippen molar-refractivity contribution in [2.75, 3.05) is 11.3 Å². The number of hydrogen-bond donors (Lipinski definition) is 1. The smallest absolute Gasteiger partial charge is 0.335 e. The molecule has 0 aromatic heterocycles. The molecule has 0 aliphatic heterocycles. The van der Waals surface area contributed by atoms with Gasteiger partial charge >= 0.3 is 5.97 Å². The van der Waals surface area contributed by atoms with Gasteiger partial charge in [0, 0.05) is 2.74 Å². The van der Waals surface area contributed by atoms with E-state index in [0.29, 0.717) is 0 Å². The van der Waals surface area contributed by atoms with E-state index in [1.54, 1.807) is 0 Å². The molecule has 5 nitrogen and oxygen atoms in total. The number of carbonyl (C=O) groups is 1. The van der Waals surface area contributed by atoms with E-state index in [1.807, 2.05) is 0 Å². The van der Waals surface area contributed by atoms with Crippen LogP contribution in [-0.4, -0.2) is 26.2 Å². The first-order valence-electron chi connectivity index (χ1n) is 8.30. The summed E-state index contributed by atoms with van der Waals surface area (Å²) in [5, 5.41) is -1.83. The summed E-state index contributed by atoms with van der Waals surface area (Å²) in [4.78, 5) is 12.2. The van der Waals surface area contributed by atoms with Crippen molar-refractivity contribution >= 4 is 33.3 Å². The number of benzene rings is 1. The van der Waals surface area contributed by atoms with Crippen molar-refractivity contribution in [3.05, 3.63) is 40.7 Å². The van der Waals surface area contributed by atoms with Gasteiger partial charge in [0.25, 0.3) is 0 Å². The molecule has 8 heteroatoms. The predicted octanol–water partition coefficient (Wildman–Crippen LogP) is 3.26. The number of sulfonamides is 1. The number of nitrogens with one attached hydrogen (secondary N) is 1. The molecule has 0 amide bonds. The topological polar surface area (TPSA) is 72.5 Å². The normalized spacial score (nSPS) is 22.7. The summed E-state index contributed by atoms with van der Waals surface area (Å²) in [6.45, 7) is 1.51. The molecule has 1 atom stereocenters. The van der Waals surface area contributed by atoms with Crippen molar-refractivity contribution in [1.29, 1.82) is 0 Å². The highest BCUT2D eigenvalue weighted by molar-refractivity contribution is 7.93. The predicted molar refractivity (Wildman–Crippen MR) is 86.3 cm³/mol.